The van der Waals surface area contributed by atoms with Gasteiger partial charge in [-0.25, -0.2) is 18.4 Å². The molecule has 3 heterocycles. The fraction of sp³-hybridized carbons (Fsp3) is 0.622. The number of sulfonamides is 1. The van der Waals surface area contributed by atoms with Crippen LogP contribution < -0.4 is 14.8 Å². The zero-order valence-electron chi connectivity index (χ0n) is 30.0. The highest BCUT2D eigenvalue weighted by molar-refractivity contribution is 7.91. The summed E-state index contributed by atoms with van der Waals surface area (Å²) in [5.41, 5.74) is -2.42. The molecular weight excluding hydrogens is 696 g/mol. The van der Waals surface area contributed by atoms with E-state index in [2.05, 4.69) is 20.0 Å². The summed E-state index contributed by atoms with van der Waals surface area (Å²) in [6.07, 6.45) is 6.92. The second kappa shape index (κ2) is 14.1. The van der Waals surface area contributed by atoms with Gasteiger partial charge in [-0.1, -0.05) is 57.9 Å². The molecule has 6 rings (SSSR count). The number of fused-ring (bicyclic) bond motifs is 3. The van der Waals surface area contributed by atoms with Crippen LogP contribution in [0.1, 0.15) is 97.6 Å². The highest BCUT2D eigenvalue weighted by Crippen LogP contribution is 2.46. The van der Waals surface area contributed by atoms with Crippen molar-refractivity contribution in [3.63, 3.8) is 0 Å². The third-order valence-corrected chi connectivity index (χ3v) is 12.3. The molecule has 2 saturated carbocycles. The van der Waals surface area contributed by atoms with E-state index in [9.17, 15) is 36.4 Å². The molecular formula is C37H47F2N5O7S. The number of halogens is 2. The number of Topliss-reactive ketones (excluding diaryl/α,β-unsaturated/α-hetero) is 1. The van der Waals surface area contributed by atoms with Gasteiger partial charge in [-0.2, -0.15) is 8.78 Å². The lowest BCUT2D eigenvalue weighted by atomic mass is 9.83. The lowest BCUT2D eigenvalue weighted by molar-refractivity contribution is -0.144. The molecule has 2 aliphatic carbocycles. The Balaban J connectivity index is 1.34. The Hall–Kier alpha value is -4.01. The molecule has 2 aromatic rings. The highest BCUT2D eigenvalue weighted by Gasteiger charge is 2.62. The number of hydrogen-bond acceptors (Lipinski definition) is 9. The summed E-state index contributed by atoms with van der Waals surface area (Å²) in [6, 6.07) is 5.27. The molecule has 282 valence electrons. The number of carbonyl (C=O) groups is 4. The Labute approximate surface area is 302 Å². The minimum atomic E-state index is -3.93. The number of ketones is 1. The van der Waals surface area contributed by atoms with Crippen LogP contribution in [0.4, 0.5) is 8.78 Å². The monoisotopic (exact) mass is 743 g/mol. The van der Waals surface area contributed by atoms with E-state index in [-0.39, 0.29) is 37.1 Å². The number of nitrogens with zero attached hydrogens (tertiary/aromatic N) is 3. The second-order valence-corrected chi connectivity index (χ2v) is 17.8. The van der Waals surface area contributed by atoms with Gasteiger partial charge in [0.15, 0.2) is 5.69 Å². The Morgan fingerprint density at radius 2 is 1.73 bits per heavy atom. The Kier molecular flexibility index (Phi) is 10.2. The minimum absolute atomic E-state index is 0.0472. The largest absolute Gasteiger partial charge is 0.471 e. The molecule has 3 fully saturated rings. The van der Waals surface area contributed by atoms with Crippen molar-refractivity contribution in [2.45, 2.75) is 121 Å². The number of aromatic nitrogens is 2. The lowest BCUT2D eigenvalue weighted by Gasteiger charge is -2.30. The van der Waals surface area contributed by atoms with Crippen molar-refractivity contribution in [2.24, 2.45) is 17.3 Å². The van der Waals surface area contributed by atoms with Crippen molar-refractivity contribution in [1.82, 2.24) is 24.9 Å². The zero-order valence-corrected chi connectivity index (χ0v) is 30.8. The van der Waals surface area contributed by atoms with Gasteiger partial charge < -0.3 is 15.0 Å². The predicted molar refractivity (Wildman–Crippen MR) is 187 cm³/mol. The van der Waals surface area contributed by atoms with E-state index in [4.69, 9.17) is 4.74 Å². The molecule has 1 aromatic heterocycles. The van der Waals surface area contributed by atoms with E-state index >= 15 is 0 Å². The summed E-state index contributed by atoms with van der Waals surface area (Å²) in [5, 5.41) is 2.14. The first-order valence-electron chi connectivity index (χ1n) is 18.1. The summed E-state index contributed by atoms with van der Waals surface area (Å²) in [7, 11) is -3.93. The van der Waals surface area contributed by atoms with E-state index in [0.29, 0.717) is 44.5 Å². The van der Waals surface area contributed by atoms with E-state index in [1.165, 1.54) is 4.90 Å². The zero-order chi connectivity index (χ0) is 37.6. The molecule has 1 saturated heterocycles. The Morgan fingerprint density at radius 1 is 1.04 bits per heavy atom. The molecule has 0 radical (unpaired) electrons. The fourth-order valence-corrected chi connectivity index (χ4v) is 8.38. The first-order valence-corrected chi connectivity index (χ1v) is 19.6. The number of alkyl halides is 2. The van der Waals surface area contributed by atoms with Crippen LogP contribution in [0.3, 0.4) is 0 Å². The van der Waals surface area contributed by atoms with E-state index in [0.717, 1.165) is 12.8 Å². The summed E-state index contributed by atoms with van der Waals surface area (Å²) in [4.78, 5) is 65.5. The number of allylic oxidation sites excluding steroid dienone is 1. The van der Waals surface area contributed by atoms with Crippen LogP contribution in [-0.4, -0.2) is 76.3 Å². The van der Waals surface area contributed by atoms with Crippen LogP contribution in [0.25, 0.3) is 11.0 Å². The van der Waals surface area contributed by atoms with Gasteiger partial charge in [0.2, 0.25) is 27.7 Å². The van der Waals surface area contributed by atoms with Crippen LogP contribution >= 0.6 is 0 Å². The number of ether oxygens (including phenoxy) is 1. The first-order chi connectivity index (χ1) is 24.4. The van der Waals surface area contributed by atoms with E-state index < -0.39 is 85.4 Å². The Morgan fingerprint density at radius 3 is 2.38 bits per heavy atom. The molecule has 0 unspecified atom stereocenters. The number of benzene rings is 1. The third-order valence-electron chi connectivity index (χ3n) is 10.5. The SMILES string of the molecule is CC(C)(C)C(=O)C[C@H]1CCCCC/C=C\[C@@H]2C[C@@]2(C(=O)NS(=O)(=O)C2CC2)NC(=O)[C@@H]2C[C@@H](Oc3nc4ccccc4nc3C(C)(F)F)CN2C1=O. The highest BCUT2D eigenvalue weighted by atomic mass is 32.2. The topological polar surface area (TPSA) is 165 Å². The van der Waals surface area contributed by atoms with Gasteiger partial charge in [0.1, 0.15) is 23.5 Å². The average Bonchev–Trinajstić information content (AvgIpc) is 3.99. The molecule has 4 aliphatic rings. The number of hydrogen-bond donors (Lipinski definition) is 2. The molecule has 0 bridgehead atoms. The molecule has 2 aliphatic heterocycles. The van der Waals surface area contributed by atoms with Crippen molar-refractivity contribution >= 4 is 44.6 Å². The Bertz CT molecular complexity index is 1890. The second-order valence-electron chi connectivity index (χ2n) is 15.8. The molecule has 1 aromatic carbocycles. The average molecular weight is 744 g/mol. The molecule has 15 heteroatoms. The number of para-hydroxylation sites is 2. The number of amides is 3. The number of rotatable bonds is 8. The summed E-state index contributed by atoms with van der Waals surface area (Å²) >= 11 is 0. The first kappa shape index (κ1) is 37.7. The van der Waals surface area contributed by atoms with Gasteiger partial charge in [0, 0.05) is 37.0 Å². The van der Waals surface area contributed by atoms with Crippen LogP contribution in [0.2, 0.25) is 0 Å². The minimum Gasteiger partial charge on any atom is -0.471 e. The maximum atomic E-state index is 14.9. The van der Waals surface area contributed by atoms with E-state index in [1.807, 2.05) is 12.2 Å². The number of carbonyl (C=O) groups excluding carboxylic acids is 4. The maximum absolute atomic E-state index is 14.9. The maximum Gasteiger partial charge on any atom is 0.292 e. The standard InChI is InChI=1S/C37H47F2N5O7S/c1-35(2,3)29(45)18-22-12-8-6-5-7-9-13-23-20-37(23,34(48)43-52(49,50)25-16-17-25)42-31(46)28-19-24(21-44(28)33(22)47)51-32-30(36(4,38)39)40-26-14-10-11-15-27(26)41-32/h9-11,13-15,22-25,28H,5-8,12,16-21H2,1-4H3,(H,42,46)(H,43,48)/b13-9-/t22-,23-,24-,28+,37-/m1/s1. The van der Waals surface area contributed by atoms with Crippen molar-refractivity contribution in [2.75, 3.05) is 6.54 Å². The van der Waals surface area contributed by atoms with Gasteiger partial charge in [0.25, 0.3) is 11.8 Å². The summed E-state index contributed by atoms with van der Waals surface area (Å²) in [6.45, 7) is 5.83. The smallest absolute Gasteiger partial charge is 0.292 e. The lowest BCUT2D eigenvalue weighted by Crippen LogP contribution is -2.57. The van der Waals surface area contributed by atoms with Gasteiger partial charge in [-0.15, -0.1) is 0 Å². The third kappa shape index (κ3) is 8.13. The van der Waals surface area contributed by atoms with Crippen LogP contribution in [0.5, 0.6) is 5.88 Å². The van der Waals surface area contributed by atoms with Crippen molar-refractivity contribution in [1.29, 1.82) is 0 Å². The molecule has 0 spiro atoms. The van der Waals surface area contributed by atoms with Gasteiger partial charge in [-0.05, 0) is 50.7 Å². The van der Waals surface area contributed by atoms with E-state index in [1.54, 1.807) is 45.0 Å². The quantitative estimate of drug-likeness (QED) is 0.365. The van der Waals surface area contributed by atoms with Crippen molar-refractivity contribution in [3.05, 3.63) is 42.1 Å². The van der Waals surface area contributed by atoms with Crippen LogP contribution in [-0.2, 0) is 35.1 Å². The normalized spacial score (nSPS) is 28.2. The van der Waals surface area contributed by atoms with Gasteiger partial charge in [0.05, 0.1) is 22.8 Å². The summed E-state index contributed by atoms with van der Waals surface area (Å²) in [5.74, 6) is -7.23. The molecule has 2 N–H and O–H groups in total. The van der Waals surface area contributed by atoms with Crippen LogP contribution in [0, 0.1) is 17.3 Å². The summed E-state index contributed by atoms with van der Waals surface area (Å²) < 4.78 is 63.6. The molecule has 5 atom stereocenters. The number of nitrogens with one attached hydrogen (secondary N) is 2. The molecule has 52 heavy (non-hydrogen) atoms. The molecule has 12 nitrogen and oxygen atoms in total. The van der Waals surface area contributed by atoms with Crippen molar-refractivity contribution < 1.29 is 41.1 Å². The van der Waals surface area contributed by atoms with Gasteiger partial charge >= 0.3 is 0 Å². The van der Waals surface area contributed by atoms with Crippen molar-refractivity contribution in [3.8, 4) is 5.88 Å². The molecule has 3 amide bonds. The fourth-order valence-electron chi connectivity index (χ4n) is 7.02. The van der Waals surface area contributed by atoms with Gasteiger partial charge in [-0.3, -0.25) is 23.9 Å². The predicted octanol–water partition coefficient (Wildman–Crippen LogP) is 4.71. The van der Waals surface area contributed by atoms with Crippen LogP contribution in [0.15, 0.2) is 36.4 Å².